The van der Waals surface area contributed by atoms with Gasteiger partial charge in [0.1, 0.15) is 0 Å². The largest absolute Gasteiger partial charge is 0.358 e. The van der Waals surface area contributed by atoms with Crippen LogP contribution in [0.1, 0.15) is 28.8 Å². The third kappa shape index (κ3) is 3.29. The summed E-state index contributed by atoms with van der Waals surface area (Å²) in [7, 11) is 0. The van der Waals surface area contributed by atoms with Crippen LogP contribution in [0.25, 0.3) is 10.9 Å². The Morgan fingerprint density at radius 1 is 1.04 bits per heavy atom. The number of fused-ring (bicyclic) bond motifs is 3. The first-order valence-corrected chi connectivity index (χ1v) is 8.16. The molecule has 0 aliphatic carbocycles. The molecule has 120 valence electrons. The highest BCUT2D eigenvalue weighted by atomic mass is 35.5. The minimum Gasteiger partial charge on any atom is -0.358 e. The Hall–Kier alpha value is -1.77. The summed E-state index contributed by atoms with van der Waals surface area (Å²) in [5.41, 5.74) is 6.96. The van der Waals surface area contributed by atoms with Gasteiger partial charge in [0.05, 0.1) is 0 Å². The van der Waals surface area contributed by atoms with Crippen molar-refractivity contribution >= 4 is 23.3 Å². The average molecular weight is 327 g/mol. The standard InChI is InChI=1S/C20H22N2.ClH/c1-15-8-10-16(11-9-15)13-22-12-4-7-20-18(14-22)17-5-2-3-6-19(17)21-20;/h2-3,5-6,8-11,21H,4,7,12-14H2,1H3;1H. The Morgan fingerprint density at radius 2 is 1.83 bits per heavy atom. The molecule has 0 saturated heterocycles. The predicted octanol–water partition coefficient (Wildman–Crippen LogP) is 4.85. The highest BCUT2D eigenvalue weighted by Gasteiger charge is 2.18. The molecule has 0 atom stereocenters. The third-order valence-corrected chi connectivity index (χ3v) is 4.71. The van der Waals surface area contributed by atoms with Crippen molar-refractivity contribution in [3.8, 4) is 0 Å². The first-order valence-electron chi connectivity index (χ1n) is 8.16. The fourth-order valence-corrected chi connectivity index (χ4v) is 3.52. The van der Waals surface area contributed by atoms with Crippen LogP contribution in [0.4, 0.5) is 0 Å². The van der Waals surface area contributed by atoms with E-state index in [1.807, 2.05) is 0 Å². The minimum atomic E-state index is 0. The van der Waals surface area contributed by atoms with Crippen molar-refractivity contribution in [3.63, 3.8) is 0 Å². The molecule has 2 aromatic carbocycles. The maximum Gasteiger partial charge on any atom is 0.0459 e. The van der Waals surface area contributed by atoms with Crippen LogP contribution < -0.4 is 0 Å². The van der Waals surface area contributed by atoms with Crippen molar-refractivity contribution in [2.45, 2.75) is 32.9 Å². The van der Waals surface area contributed by atoms with E-state index in [0.29, 0.717) is 0 Å². The summed E-state index contributed by atoms with van der Waals surface area (Å²) >= 11 is 0. The molecule has 3 heteroatoms. The number of para-hydroxylation sites is 1. The lowest BCUT2D eigenvalue weighted by Crippen LogP contribution is -2.22. The molecule has 0 fully saturated rings. The van der Waals surface area contributed by atoms with Crippen molar-refractivity contribution in [2.24, 2.45) is 0 Å². The fourth-order valence-electron chi connectivity index (χ4n) is 3.52. The van der Waals surface area contributed by atoms with Gasteiger partial charge < -0.3 is 4.98 Å². The van der Waals surface area contributed by atoms with Gasteiger partial charge in [-0.1, -0.05) is 48.0 Å². The summed E-state index contributed by atoms with van der Waals surface area (Å²) < 4.78 is 0. The number of hydrogen-bond donors (Lipinski definition) is 1. The highest BCUT2D eigenvalue weighted by Crippen LogP contribution is 2.27. The third-order valence-electron chi connectivity index (χ3n) is 4.71. The number of nitrogens with zero attached hydrogens (tertiary/aromatic N) is 1. The van der Waals surface area contributed by atoms with E-state index in [2.05, 4.69) is 65.3 Å². The molecule has 1 aromatic heterocycles. The second kappa shape index (κ2) is 6.77. The van der Waals surface area contributed by atoms with Gasteiger partial charge in [-0.05, 0) is 43.5 Å². The lowest BCUT2D eigenvalue weighted by molar-refractivity contribution is 0.262. The molecule has 0 amide bonds. The van der Waals surface area contributed by atoms with E-state index in [4.69, 9.17) is 0 Å². The zero-order valence-corrected chi connectivity index (χ0v) is 14.3. The van der Waals surface area contributed by atoms with Gasteiger partial charge in [0.25, 0.3) is 0 Å². The van der Waals surface area contributed by atoms with Crippen LogP contribution in [-0.2, 0) is 19.5 Å². The second-order valence-electron chi connectivity index (χ2n) is 6.43. The Balaban J connectivity index is 0.00000156. The first kappa shape index (κ1) is 16.1. The van der Waals surface area contributed by atoms with Gasteiger partial charge in [-0.15, -0.1) is 12.4 Å². The fraction of sp³-hybridized carbons (Fsp3) is 0.300. The number of benzene rings is 2. The van der Waals surface area contributed by atoms with Crippen LogP contribution in [0.3, 0.4) is 0 Å². The average Bonchev–Trinajstić information content (AvgIpc) is 2.75. The Labute approximate surface area is 143 Å². The number of halogens is 1. The van der Waals surface area contributed by atoms with Gasteiger partial charge in [0, 0.05) is 29.7 Å². The second-order valence-corrected chi connectivity index (χ2v) is 6.43. The van der Waals surface area contributed by atoms with Gasteiger partial charge in [0.2, 0.25) is 0 Å². The number of rotatable bonds is 2. The Bertz CT molecular complexity index is 789. The summed E-state index contributed by atoms with van der Waals surface area (Å²) in [4.78, 5) is 6.20. The van der Waals surface area contributed by atoms with Crippen LogP contribution in [0, 0.1) is 6.92 Å². The van der Waals surface area contributed by atoms with E-state index in [9.17, 15) is 0 Å². The quantitative estimate of drug-likeness (QED) is 0.713. The van der Waals surface area contributed by atoms with Crippen molar-refractivity contribution in [3.05, 3.63) is 70.9 Å². The van der Waals surface area contributed by atoms with E-state index in [0.717, 1.165) is 19.5 Å². The lowest BCUT2D eigenvalue weighted by atomic mass is 10.1. The van der Waals surface area contributed by atoms with Crippen molar-refractivity contribution in [1.82, 2.24) is 9.88 Å². The number of H-pyrrole nitrogens is 1. The molecular weight excluding hydrogens is 304 g/mol. The summed E-state index contributed by atoms with van der Waals surface area (Å²) in [6.07, 6.45) is 2.39. The molecule has 0 unspecified atom stereocenters. The molecule has 0 radical (unpaired) electrons. The van der Waals surface area contributed by atoms with Gasteiger partial charge in [-0.2, -0.15) is 0 Å². The molecule has 1 N–H and O–H groups in total. The zero-order valence-electron chi connectivity index (χ0n) is 13.5. The van der Waals surface area contributed by atoms with E-state index in [-0.39, 0.29) is 12.4 Å². The van der Waals surface area contributed by atoms with E-state index >= 15 is 0 Å². The van der Waals surface area contributed by atoms with E-state index < -0.39 is 0 Å². The molecule has 0 spiro atoms. The van der Waals surface area contributed by atoms with Gasteiger partial charge in [0.15, 0.2) is 0 Å². The summed E-state index contributed by atoms with van der Waals surface area (Å²) in [6.45, 7) is 5.41. The van der Waals surface area contributed by atoms with Gasteiger partial charge in [-0.25, -0.2) is 0 Å². The van der Waals surface area contributed by atoms with Crippen LogP contribution >= 0.6 is 12.4 Å². The highest BCUT2D eigenvalue weighted by molar-refractivity contribution is 5.85. The molecule has 2 nitrogen and oxygen atoms in total. The van der Waals surface area contributed by atoms with Crippen molar-refractivity contribution in [1.29, 1.82) is 0 Å². The van der Waals surface area contributed by atoms with E-state index in [1.165, 1.54) is 46.3 Å². The summed E-state index contributed by atoms with van der Waals surface area (Å²) in [6, 6.07) is 17.6. The summed E-state index contributed by atoms with van der Waals surface area (Å²) in [5, 5.41) is 1.40. The first-order chi connectivity index (χ1) is 10.8. The van der Waals surface area contributed by atoms with Gasteiger partial charge >= 0.3 is 0 Å². The molecular formula is C20H23ClN2. The molecule has 23 heavy (non-hydrogen) atoms. The van der Waals surface area contributed by atoms with Crippen LogP contribution in [0.5, 0.6) is 0 Å². The SMILES string of the molecule is Cc1ccc(CN2CCCc3[nH]c4ccccc4c3C2)cc1.Cl. The number of aryl methyl sites for hydroxylation is 2. The Morgan fingerprint density at radius 3 is 2.65 bits per heavy atom. The van der Waals surface area contributed by atoms with Gasteiger partial charge in [-0.3, -0.25) is 4.90 Å². The monoisotopic (exact) mass is 326 g/mol. The molecule has 0 bridgehead atoms. The topological polar surface area (TPSA) is 19.0 Å². The normalized spacial score (nSPS) is 15.0. The number of hydrogen-bond acceptors (Lipinski definition) is 1. The zero-order chi connectivity index (χ0) is 14.9. The molecule has 1 aliphatic heterocycles. The predicted molar refractivity (Wildman–Crippen MR) is 99.2 cm³/mol. The number of aromatic amines is 1. The molecule has 0 saturated carbocycles. The number of aromatic nitrogens is 1. The van der Waals surface area contributed by atoms with Crippen molar-refractivity contribution < 1.29 is 0 Å². The Kier molecular flexibility index (Phi) is 4.74. The number of nitrogens with one attached hydrogen (secondary N) is 1. The minimum absolute atomic E-state index is 0. The van der Waals surface area contributed by atoms with Crippen LogP contribution in [-0.4, -0.2) is 16.4 Å². The van der Waals surface area contributed by atoms with Crippen LogP contribution in [0.2, 0.25) is 0 Å². The van der Waals surface area contributed by atoms with Crippen molar-refractivity contribution in [2.75, 3.05) is 6.54 Å². The molecule has 2 heterocycles. The van der Waals surface area contributed by atoms with Crippen LogP contribution in [0.15, 0.2) is 48.5 Å². The maximum atomic E-state index is 3.62. The maximum absolute atomic E-state index is 3.62. The summed E-state index contributed by atoms with van der Waals surface area (Å²) in [5.74, 6) is 0. The lowest BCUT2D eigenvalue weighted by Gasteiger charge is -2.20. The van der Waals surface area contributed by atoms with E-state index in [1.54, 1.807) is 0 Å². The molecule has 4 rings (SSSR count). The molecule has 3 aromatic rings. The smallest absolute Gasteiger partial charge is 0.0459 e. The molecule has 1 aliphatic rings.